The minimum atomic E-state index is 0.359. The van der Waals surface area contributed by atoms with E-state index in [1.165, 1.54) is 5.56 Å². The maximum Gasteiger partial charge on any atom is 0.198 e. The van der Waals surface area contributed by atoms with Crippen LogP contribution in [0.2, 0.25) is 0 Å². The monoisotopic (exact) mass is 563 g/mol. The Kier molecular flexibility index (Phi) is 12.4. The molecule has 0 saturated heterocycles. The predicted molar refractivity (Wildman–Crippen MR) is 175 cm³/mol. The van der Waals surface area contributed by atoms with Crippen LogP contribution in [0.5, 0.6) is 0 Å². The zero-order valence-electron chi connectivity index (χ0n) is 26.2. The number of nitrogens with zero attached hydrogens (tertiary/aromatic N) is 4. The number of H-pyrrole nitrogens is 1. The van der Waals surface area contributed by atoms with Crippen LogP contribution in [0, 0.1) is 0 Å². The molecule has 0 amide bonds. The molecule has 6 nitrogen and oxygen atoms in total. The van der Waals surface area contributed by atoms with Gasteiger partial charge in [0.25, 0.3) is 0 Å². The molecule has 0 bridgehead atoms. The SMILES string of the molecule is CC(C)c1ccccc1.CC(C)c1nc2ccccc2[nH]1.CC(C)c1nc2ccccc2o1.CC(C)c1ncccn1. The maximum absolute atomic E-state index is 5.52. The molecule has 0 aliphatic rings. The van der Waals surface area contributed by atoms with Crippen LogP contribution in [0.1, 0.15) is 102 Å². The lowest BCUT2D eigenvalue weighted by Crippen LogP contribution is -1.93. The van der Waals surface area contributed by atoms with Crippen molar-refractivity contribution in [2.24, 2.45) is 0 Å². The van der Waals surface area contributed by atoms with Crippen molar-refractivity contribution in [2.45, 2.75) is 79.1 Å². The van der Waals surface area contributed by atoms with Crippen molar-refractivity contribution in [3.63, 3.8) is 0 Å². The summed E-state index contributed by atoms with van der Waals surface area (Å²) in [6.07, 6.45) is 3.53. The van der Waals surface area contributed by atoms with E-state index in [9.17, 15) is 0 Å². The van der Waals surface area contributed by atoms with Crippen molar-refractivity contribution in [2.75, 3.05) is 0 Å². The Bertz CT molecular complexity index is 1400. The molecule has 220 valence electrons. The molecule has 6 heteroatoms. The molecule has 3 aromatic heterocycles. The first-order valence-corrected chi connectivity index (χ1v) is 14.8. The zero-order valence-corrected chi connectivity index (χ0v) is 26.2. The van der Waals surface area contributed by atoms with Gasteiger partial charge in [0, 0.05) is 30.1 Å². The van der Waals surface area contributed by atoms with Crippen LogP contribution in [0.4, 0.5) is 0 Å². The fourth-order valence-electron chi connectivity index (χ4n) is 3.83. The highest BCUT2D eigenvalue weighted by atomic mass is 16.3. The number of rotatable bonds is 4. The van der Waals surface area contributed by atoms with Crippen LogP contribution < -0.4 is 0 Å². The van der Waals surface area contributed by atoms with Crippen molar-refractivity contribution < 1.29 is 4.42 Å². The van der Waals surface area contributed by atoms with Gasteiger partial charge in [0.2, 0.25) is 0 Å². The first-order valence-electron chi connectivity index (χ1n) is 14.8. The molecule has 6 rings (SSSR count). The van der Waals surface area contributed by atoms with Gasteiger partial charge in [-0.2, -0.15) is 0 Å². The number of nitrogens with one attached hydrogen (secondary N) is 1. The third-order valence-electron chi connectivity index (χ3n) is 6.33. The molecule has 0 atom stereocenters. The molecular weight excluding hydrogens is 518 g/mol. The van der Waals surface area contributed by atoms with E-state index in [2.05, 4.69) is 105 Å². The van der Waals surface area contributed by atoms with E-state index in [4.69, 9.17) is 4.42 Å². The number of para-hydroxylation sites is 4. The van der Waals surface area contributed by atoms with Gasteiger partial charge in [0.05, 0.1) is 11.0 Å². The minimum absolute atomic E-state index is 0.359. The fourth-order valence-corrected chi connectivity index (χ4v) is 3.83. The summed E-state index contributed by atoms with van der Waals surface area (Å²) in [6.45, 7) is 17.0. The Labute approximate surface area is 250 Å². The van der Waals surface area contributed by atoms with Crippen LogP contribution in [-0.4, -0.2) is 24.9 Å². The highest BCUT2D eigenvalue weighted by Crippen LogP contribution is 2.20. The van der Waals surface area contributed by atoms with E-state index in [0.717, 1.165) is 39.7 Å². The van der Waals surface area contributed by atoms with Gasteiger partial charge in [-0.3, -0.25) is 0 Å². The molecule has 0 fully saturated rings. The van der Waals surface area contributed by atoms with Gasteiger partial charge in [-0.05, 0) is 41.8 Å². The summed E-state index contributed by atoms with van der Waals surface area (Å²) in [5, 5.41) is 0. The predicted octanol–water partition coefficient (Wildman–Crippen LogP) is 10.0. The van der Waals surface area contributed by atoms with Crippen molar-refractivity contribution in [3.8, 4) is 0 Å². The molecule has 0 aliphatic heterocycles. The number of imidazole rings is 1. The summed E-state index contributed by atoms with van der Waals surface area (Å²) in [6, 6.07) is 28.3. The van der Waals surface area contributed by atoms with E-state index in [1.54, 1.807) is 12.4 Å². The summed E-state index contributed by atoms with van der Waals surface area (Å²) in [5.74, 6) is 4.72. The van der Waals surface area contributed by atoms with Crippen LogP contribution >= 0.6 is 0 Å². The molecule has 0 unspecified atom stereocenters. The number of hydrogen-bond acceptors (Lipinski definition) is 5. The molecule has 6 aromatic rings. The molecule has 42 heavy (non-hydrogen) atoms. The van der Waals surface area contributed by atoms with E-state index < -0.39 is 0 Å². The molecule has 0 saturated carbocycles. The number of aromatic amines is 1. The van der Waals surface area contributed by atoms with Crippen LogP contribution in [0.3, 0.4) is 0 Å². The lowest BCUT2D eigenvalue weighted by atomic mass is 10.0. The first kappa shape index (κ1) is 32.2. The van der Waals surface area contributed by atoms with Gasteiger partial charge in [0.15, 0.2) is 11.5 Å². The topological polar surface area (TPSA) is 80.5 Å². The summed E-state index contributed by atoms with van der Waals surface area (Å²) < 4.78 is 5.52. The largest absolute Gasteiger partial charge is 0.440 e. The summed E-state index contributed by atoms with van der Waals surface area (Å²) in [4.78, 5) is 20.2. The van der Waals surface area contributed by atoms with Gasteiger partial charge in [-0.25, -0.2) is 19.9 Å². The Morgan fingerprint density at radius 1 is 0.548 bits per heavy atom. The first-order chi connectivity index (χ1) is 20.2. The summed E-state index contributed by atoms with van der Waals surface area (Å²) >= 11 is 0. The van der Waals surface area contributed by atoms with Gasteiger partial charge in [-0.15, -0.1) is 0 Å². The third kappa shape index (κ3) is 9.95. The standard InChI is InChI=1S/C10H12N2.C10H11NO.C9H12.C7H10N2/c2*1-7(2)10-11-8-5-3-4-6-9(8)12-10;1-8(2)9-6-4-3-5-7-9;1-6(2)7-8-4-3-5-9-7/h3-7H,1-2H3,(H,11,12);3-7H,1-2H3;3-8H,1-2H3;3-6H,1-2H3. The number of oxazole rings is 1. The average Bonchev–Trinajstić information content (AvgIpc) is 3.64. The highest BCUT2D eigenvalue weighted by Gasteiger charge is 2.07. The second kappa shape index (κ2) is 16.2. The maximum atomic E-state index is 5.52. The second-order valence-corrected chi connectivity index (χ2v) is 11.3. The summed E-state index contributed by atoms with van der Waals surface area (Å²) in [7, 11) is 0. The van der Waals surface area contributed by atoms with Crippen LogP contribution in [0.15, 0.2) is 102 Å². The third-order valence-corrected chi connectivity index (χ3v) is 6.33. The highest BCUT2D eigenvalue weighted by molar-refractivity contribution is 5.74. The van der Waals surface area contributed by atoms with Gasteiger partial charge in [0.1, 0.15) is 17.2 Å². The van der Waals surface area contributed by atoms with Crippen molar-refractivity contribution in [1.29, 1.82) is 0 Å². The van der Waals surface area contributed by atoms with E-state index in [0.29, 0.717) is 23.7 Å². The van der Waals surface area contributed by atoms with Crippen LogP contribution in [-0.2, 0) is 0 Å². The Morgan fingerprint density at radius 2 is 1.14 bits per heavy atom. The molecule has 0 aliphatic carbocycles. The number of fused-ring (bicyclic) bond motifs is 2. The van der Waals surface area contributed by atoms with Crippen molar-refractivity contribution in [1.82, 2.24) is 24.9 Å². The lowest BCUT2D eigenvalue weighted by Gasteiger charge is -2.01. The smallest absolute Gasteiger partial charge is 0.198 e. The Hall–Kier alpha value is -4.32. The molecule has 0 radical (unpaired) electrons. The van der Waals surface area contributed by atoms with Crippen molar-refractivity contribution in [3.05, 3.63) is 120 Å². The van der Waals surface area contributed by atoms with E-state index >= 15 is 0 Å². The van der Waals surface area contributed by atoms with Gasteiger partial charge >= 0.3 is 0 Å². The lowest BCUT2D eigenvalue weighted by molar-refractivity contribution is 0.501. The van der Waals surface area contributed by atoms with E-state index in [-0.39, 0.29) is 0 Å². The van der Waals surface area contributed by atoms with Gasteiger partial charge in [-0.1, -0.05) is 110 Å². The Morgan fingerprint density at radius 3 is 1.64 bits per heavy atom. The fraction of sp³-hybridized carbons (Fsp3) is 0.333. The number of benzene rings is 3. The van der Waals surface area contributed by atoms with E-state index in [1.807, 2.05) is 60.7 Å². The number of aromatic nitrogens is 5. The van der Waals surface area contributed by atoms with Crippen LogP contribution in [0.25, 0.3) is 22.1 Å². The molecular formula is C36H45N5O. The molecule has 3 aromatic carbocycles. The van der Waals surface area contributed by atoms with Crippen molar-refractivity contribution >= 4 is 22.1 Å². The average molecular weight is 564 g/mol. The quantitative estimate of drug-likeness (QED) is 0.231. The molecule has 0 spiro atoms. The Balaban J connectivity index is 0.000000155. The zero-order chi connectivity index (χ0) is 30.5. The molecule has 3 heterocycles. The molecule has 1 N–H and O–H groups in total. The minimum Gasteiger partial charge on any atom is -0.440 e. The number of hydrogen-bond donors (Lipinski definition) is 1. The van der Waals surface area contributed by atoms with Gasteiger partial charge < -0.3 is 9.40 Å². The second-order valence-electron chi connectivity index (χ2n) is 11.3. The normalized spacial score (nSPS) is 10.8. The summed E-state index contributed by atoms with van der Waals surface area (Å²) in [5.41, 5.74) is 5.42.